The lowest BCUT2D eigenvalue weighted by atomic mass is 10.1. The van der Waals surface area contributed by atoms with Crippen LogP contribution in [0.2, 0.25) is 0 Å². The van der Waals surface area contributed by atoms with Crippen LogP contribution in [-0.4, -0.2) is 28.0 Å². The summed E-state index contributed by atoms with van der Waals surface area (Å²) in [5, 5.41) is 6.50. The number of ether oxygens (including phenoxy) is 1. The van der Waals surface area contributed by atoms with E-state index in [0.717, 1.165) is 19.3 Å². The summed E-state index contributed by atoms with van der Waals surface area (Å²) < 4.78 is 6.95. The molecule has 2 heterocycles. The van der Waals surface area contributed by atoms with Crippen molar-refractivity contribution in [3.8, 4) is 0 Å². The first-order valence-corrected chi connectivity index (χ1v) is 5.74. The number of nitrogens with zero attached hydrogens (tertiary/aromatic N) is 2. The molecule has 2 atom stereocenters. The van der Waals surface area contributed by atoms with Crippen molar-refractivity contribution in [3.63, 3.8) is 0 Å². The standard InChI is InChI=1S/C10H18N4O2/c1-2-3-8(11)9-12-13-10(15)14(9)7-4-5-16-6-7/h7-8H,2-6,11H2,1H3,(H,13,15). The molecule has 1 aromatic heterocycles. The molecule has 0 aliphatic carbocycles. The second kappa shape index (κ2) is 4.80. The third kappa shape index (κ3) is 2.03. The van der Waals surface area contributed by atoms with Gasteiger partial charge in [-0.3, -0.25) is 4.57 Å². The Morgan fingerprint density at radius 3 is 3.19 bits per heavy atom. The first-order valence-electron chi connectivity index (χ1n) is 5.74. The molecule has 16 heavy (non-hydrogen) atoms. The highest BCUT2D eigenvalue weighted by Crippen LogP contribution is 2.21. The molecule has 1 aromatic rings. The SMILES string of the molecule is CCCC(N)c1n[nH]c(=O)n1C1CCOC1. The number of aromatic nitrogens is 3. The molecule has 0 spiro atoms. The van der Waals surface area contributed by atoms with E-state index in [0.29, 0.717) is 19.0 Å². The maximum absolute atomic E-state index is 11.7. The van der Waals surface area contributed by atoms with Crippen LogP contribution in [0.3, 0.4) is 0 Å². The lowest BCUT2D eigenvalue weighted by Gasteiger charge is -2.15. The van der Waals surface area contributed by atoms with E-state index in [4.69, 9.17) is 10.5 Å². The van der Waals surface area contributed by atoms with Gasteiger partial charge in [-0.05, 0) is 12.8 Å². The van der Waals surface area contributed by atoms with Crippen molar-refractivity contribution in [3.05, 3.63) is 16.3 Å². The number of rotatable bonds is 4. The van der Waals surface area contributed by atoms with E-state index in [9.17, 15) is 4.79 Å². The fourth-order valence-corrected chi connectivity index (χ4v) is 2.10. The average molecular weight is 226 g/mol. The molecule has 1 saturated heterocycles. The topological polar surface area (TPSA) is 85.9 Å². The number of nitrogens with two attached hydrogens (primary N) is 1. The molecule has 0 saturated carbocycles. The summed E-state index contributed by atoms with van der Waals surface area (Å²) in [6.45, 7) is 3.34. The third-order valence-corrected chi connectivity index (χ3v) is 2.93. The number of H-pyrrole nitrogens is 1. The molecule has 1 fully saturated rings. The van der Waals surface area contributed by atoms with Gasteiger partial charge in [-0.25, -0.2) is 9.89 Å². The minimum atomic E-state index is -0.183. The second-order valence-corrected chi connectivity index (χ2v) is 4.17. The summed E-state index contributed by atoms with van der Waals surface area (Å²) in [4.78, 5) is 11.7. The van der Waals surface area contributed by atoms with Gasteiger partial charge < -0.3 is 10.5 Å². The van der Waals surface area contributed by atoms with Crippen LogP contribution in [0.1, 0.15) is 44.1 Å². The fraction of sp³-hybridized carbons (Fsp3) is 0.800. The van der Waals surface area contributed by atoms with Crippen LogP contribution < -0.4 is 11.4 Å². The number of aromatic amines is 1. The van der Waals surface area contributed by atoms with E-state index in [1.165, 1.54) is 0 Å². The van der Waals surface area contributed by atoms with Crippen molar-refractivity contribution in [2.24, 2.45) is 5.73 Å². The molecule has 2 rings (SSSR count). The molecular formula is C10H18N4O2. The maximum Gasteiger partial charge on any atom is 0.343 e. The predicted octanol–water partition coefficient (Wildman–Crippen LogP) is 0.333. The van der Waals surface area contributed by atoms with Gasteiger partial charge >= 0.3 is 5.69 Å². The van der Waals surface area contributed by atoms with Crippen LogP contribution in [0.5, 0.6) is 0 Å². The monoisotopic (exact) mass is 226 g/mol. The van der Waals surface area contributed by atoms with Gasteiger partial charge in [0, 0.05) is 6.61 Å². The third-order valence-electron chi connectivity index (χ3n) is 2.93. The molecule has 6 nitrogen and oxygen atoms in total. The van der Waals surface area contributed by atoms with E-state index in [2.05, 4.69) is 17.1 Å². The zero-order chi connectivity index (χ0) is 11.5. The van der Waals surface area contributed by atoms with Crippen LogP contribution in [-0.2, 0) is 4.74 Å². The summed E-state index contributed by atoms with van der Waals surface area (Å²) >= 11 is 0. The fourth-order valence-electron chi connectivity index (χ4n) is 2.10. The van der Waals surface area contributed by atoms with E-state index in [1.54, 1.807) is 4.57 Å². The van der Waals surface area contributed by atoms with Crippen LogP contribution >= 0.6 is 0 Å². The quantitative estimate of drug-likeness (QED) is 0.774. The molecule has 6 heteroatoms. The van der Waals surface area contributed by atoms with Gasteiger partial charge in [-0.15, -0.1) is 0 Å². The van der Waals surface area contributed by atoms with Gasteiger partial charge in [0.2, 0.25) is 0 Å². The van der Waals surface area contributed by atoms with Crippen LogP contribution in [0.4, 0.5) is 0 Å². The summed E-state index contributed by atoms with van der Waals surface area (Å²) in [7, 11) is 0. The lowest BCUT2D eigenvalue weighted by molar-refractivity contribution is 0.185. The maximum atomic E-state index is 11.7. The molecule has 0 aromatic carbocycles. The van der Waals surface area contributed by atoms with Gasteiger partial charge in [-0.2, -0.15) is 5.10 Å². The highest BCUT2D eigenvalue weighted by atomic mass is 16.5. The molecule has 0 bridgehead atoms. The number of hydrogen-bond acceptors (Lipinski definition) is 4. The van der Waals surface area contributed by atoms with Crippen molar-refractivity contribution in [1.82, 2.24) is 14.8 Å². The van der Waals surface area contributed by atoms with E-state index < -0.39 is 0 Å². The van der Waals surface area contributed by atoms with Crippen molar-refractivity contribution in [2.75, 3.05) is 13.2 Å². The van der Waals surface area contributed by atoms with Gasteiger partial charge in [0.05, 0.1) is 18.7 Å². The summed E-state index contributed by atoms with van der Waals surface area (Å²) in [6.07, 6.45) is 2.66. The van der Waals surface area contributed by atoms with Gasteiger partial charge in [0.15, 0.2) is 5.82 Å². The van der Waals surface area contributed by atoms with Gasteiger partial charge in [-0.1, -0.05) is 13.3 Å². The molecular weight excluding hydrogens is 208 g/mol. The van der Waals surface area contributed by atoms with Gasteiger partial charge in [0.1, 0.15) is 0 Å². The van der Waals surface area contributed by atoms with Crippen molar-refractivity contribution < 1.29 is 4.74 Å². The average Bonchev–Trinajstić information content (AvgIpc) is 2.86. The zero-order valence-electron chi connectivity index (χ0n) is 9.48. The Bertz CT molecular complexity index is 392. The first kappa shape index (κ1) is 11.3. The highest BCUT2D eigenvalue weighted by molar-refractivity contribution is 4.97. The summed E-state index contributed by atoms with van der Waals surface area (Å²) in [5.41, 5.74) is 5.82. The molecule has 90 valence electrons. The van der Waals surface area contributed by atoms with E-state index in [-0.39, 0.29) is 17.8 Å². The largest absolute Gasteiger partial charge is 0.379 e. The first-order chi connectivity index (χ1) is 7.74. The number of hydrogen-bond donors (Lipinski definition) is 2. The predicted molar refractivity (Wildman–Crippen MR) is 59.2 cm³/mol. The van der Waals surface area contributed by atoms with Crippen molar-refractivity contribution in [1.29, 1.82) is 0 Å². The molecule has 1 aliphatic rings. The zero-order valence-corrected chi connectivity index (χ0v) is 9.48. The Balaban J connectivity index is 2.27. The lowest BCUT2D eigenvalue weighted by Crippen LogP contribution is -2.27. The van der Waals surface area contributed by atoms with Crippen LogP contribution in [0.15, 0.2) is 4.79 Å². The van der Waals surface area contributed by atoms with Crippen molar-refractivity contribution in [2.45, 2.75) is 38.3 Å². The smallest absolute Gasteiger partial charge is 0.343 e. The second-order valence-electron chi connectivity index (χ2n) is 4.17. The Kier molecular flexibility index (Phi) is 3.40. The van der Waals surface area contributed by atoms with Crippen LogP contribution in [0.25, 0.3) is 0 Å². The highest BCUT2D eigenvalue weighted by Gasteiger charge is 2.25. The summed E-state index contributed by atoms with van der Waals surface area (Å²) in [5.74, 6) is 0.655. The van der Waals surface area contributed by atoms with Crippen LogP contribution in [0, 0.1) is 0 Å². The molecule has 3 N–H and O–H groups in total. The van der Waals surface area contributed by atoms with E-state index in [1.807, 2.05) is 0 Å². The van der Waals surface area contributed by atoms with Gasteiger partial charge in [0.25, 0.3) is 0 Å². The molecule has 1 aliphatic heterocycles. The Morgan fingerprint density at radius 1 is 1.75 bits per heavy atom. The summed E-state index contributed by atoms with van der Waals surface area (Å²) in [6, 6.07) is -0.0892. The minimum Gasteiger partial charge on any atom is -0.379 e. The Hall–Kier alpha value is -1.14. The molecule has 0 radical (unpaired) electrons. The normalized spacial score (nSPS) is 22.5. The Labute approximate surface area is 93.8 Å². The molecule has 0 amide bonds. The number of nitrogens with one attached hydrogen (secondary N) is 1. The van der Waals surface area contributed by atoms with Crippen molar-refractivity contribution >= 4 is 0 Å². The minimum absolute atomic E-state index is 0.0872. The Morgan fingerprint density at radius 2 is 2.56 bits per heavy atom. The van der Waals surface area contributed by atoms with E-state index >= 15 is 0 Å². The molecule has 2 unspecified atom stereocenters.